The molecule has 1 heterocycles. The van der Waals surface area contributed by atoms with Crippen molar-refractivity contribution in [3.8, 4) is 11.5 Å². The summed E-state index contributed by atoms with van der Waals surface area (Å²) in [5, 5.41) is 0. The van der Waals surface area contributed by atoms with Crippen LogP contribution in [0.2, 0.25) is 0 Å². The summed E-state index contributed by atoms with van der Waals surface area (Å²) < 4.78 is 44.0. The fourth-order valence-corrected chi connectivity index (χ4v) is 4.22. The van der Waals surface area contributed by atoms with E-state index in [4.69, 9.17) is 37.9 Å². The lowest BCUT2D eigenvalue weighted by molar-refractivity contribution is -0.288. The zero-order chi connectivity index (χ0) is 32.4. The van der Waals surface area contributed by atoms with Gasteiger partial charge in [0.1, 0.15) is 30.8 Å². The Bertz CT molecular complexity index is 1370. The Kier molecular flexibility index (Phi) is 11.8. The number of esters is 6. The molecule has 5 unspecified atom stereocenters. The molecule has 0 bridgehead atoms. The smallest absolute Gasteiger partial charge is 0.338 e. The van der Waals surface area contributed by atoms with Crippen LogP contribution in [-0.2, 0) is 59.0 Å². The van der Waals surface area contributed by atoms with Crippen molar-refractivity contribution in [2.24, 2.45) is 0 Å². The van der Waals surface area contributed by atoms with Crippen LogP contribution in [0.3, 0.4) is 0 Å². The summed E-state index contributed by atoms with van der Waals surface area (Å²) in [7, 11) is 0. The van der Waals surface area contributed by atoms with Gasteiger partial charge in [0.25, 0.3) is 0 Å². The molecule has 0 amide bonds. The molecule has 0 radical (unpaired) electrons. The monoisotopic (exact) mass is 616 g/mol. The van der Waals surface area contributed by atoms with E-state index in [2.05, 4.69) is 0 Å². The van der Waals surface area contributed by atoms with Gasteiger partial charge in [0, 0.05) is 40.2 Å². The molecule has 0 spiro atoms. The minimum atomic E-state index is -1.54. The second kappa shape index (κ2) is 15.5. The number of hydrogen-bond donors (Lipinski definition) is 0. The van der Waals surface area contributed by atoms with E-state index in [1.165, 1.54) is 25.1 Å². The highest BCUT2D eigenvalue weighted by molar-refractivity contribution is 5.89. The molecular weight excluding hydrogens is 584 g/mol. The highest BCUT2D eigenvalue weighted by Crippen LogP contribution is 2.33. The SMILES string of the molecule is CC(=O)OCC1OC(Oc2ccc(OC(C)=O)cc2COC(=O)c2ccccc2)C(OC(C)=O)C(OC(C)=O)C1OC(C)=O. The minimum absolute atomic E-state index is 0.0302. The van der Waals surface area contributed by atoms with Gasteiger partial charge in [-0.15, -0.1) is 0 Å². The summed E-state index contributed by atoms with van der Waals surface area (Å²) >= 11 is 0. The van der Waals surface area contributed by atoms with Crippen molar-refractivity contribution in [1.82, 2.24) is 0 Å². The van der Waals surface area contributed by atoms with Crippen LogP contribution < -0.4 is 9.47 Å². The molecule has 14 nitrogen and oxygen atoms in total. The van der Waals surface area contributed by atoms with Crippen molar-refractivity contribution >= 4 is 35.8 Å². The number of rotatable bonds is 11. The zero-order valence-electron chi connectivity index (χ0n) is 24.6. The van der Waals surface area contributed by atoms with E-state index in [1.54, 1.807) is 30.3 Å². The number of carbonyl (C=O) groups is 6. The quantitative estimate of drug-likeness (QED) is 0.204. The van der Waals surface area contributed by atoms with E-state index >= 15 is 0 Å². The Morgan fingerprint density at radius 3 is 1.89 bits per heavy atom. The summed E-state index contributed by atoms with van der Waals surface area (Å²) in [6, 6.07) is 12.4. The average Bonchev–Trinajstić information content (AvgIpc) is 2.94. The van der Waals surface area contributed by atoms with Crippen molar-refractivity contribution in [2.45, 2.75) is 71.9 Å². The number of ether oxygens (including phenoxy) is 8. The van der Waals surface area contributed by atoms with Gasteiger partial charge in [-0.2, -0.15) is 0 Å². The van der Waals surface area contributed by atoms with E-state index in [1.807, 2.05) is 0 Å². The van der Waals surface area contributed by atoms with Crippen LogP contribution in [0.1, 0.15) is 50.5 Å². The predicted molar refractivity (Wildman–Crippen MR) is 146 cm³/mol. The number of benzene rings is 2. The molecule has 5 atom stereocenters. The van der Waals surface area contributed by atoms with E-state index in [0.717, 1.165) is 27.7 Å². The Morgan fingerprint density at radius 2 is 1.30 bits per heavy atom. The third-order valence-corrected chi connectivity index (χ3v) is 5.85. The fraction of sp³-hybridized carbons (Fsp3) is 0.400. The third-order valence-electron chi connectivity index (χ3n) is 5.85. The van der Waals surface area contributed by atoms with Crippen molar-refractivity contribution in [2.75, 3.05) is 6.61 Å². The normalized spacial score (nSPS) is 20.8. The van der Waals surface area contributed by atoms with E-state index in [9.17, 15) is 28.8 Å². The summed E-state index contributed by atoms with van der Waals surface area (Å²) in [5.74, 6) is -4.20. The standard InChI is InChI=1S/C30H32O14/c1-16(31)37-15-25-26(40-18(3)33)27(41-19(4)34)28(42-20(5)35)30(44-25)43-24-12-11-23(39-17(2)32)13-22(24)14-38-29(36)21-9-7-6-8-10-21/h6-13,25-28,30H,14-15H2,1-5H3. The molecule has 14 heteroatoms. The largest absolute Gasteiger partial charge is 0.463 e. The second-order valence-corrected chi connectivity index (χ2v) is 9.49. The molecule has 44 heavy (non-hydrogen) atoms. The molecule has 1 saturated heterocycles. The molecule has 0 saturated carbocycles. The molecular formula is C30H32O14. The molecule has 3 rings (SSSR count). The van der Waals surface area contributed by atoms with Crippen LogP contribution in [0.5, 0.6) is 11.5 Å². The van der Waals surface area contributed by atoms with Crippen LogP contribution in [0, 0.1) is 0 Å². The van der Waals surface area contributed by atoms with Gasteiger partial charge in [0.05, 0.1) is 5.56 Å². The first kappa shape index (κ1) is 33.5. The third kappa shape index (κ3) is 9.80. The number of hydrogen-bond acceptors (Lipinski definition) is 14. The van der Waals surface area contributed by atoms with Crippen molar-refractivity contribution < 1.29 is 66.7 Å². The van der Waals surface area contributed by atoms with Crippen LogP contribution in [0.15, 0.2) is 48.5 Å². The number of carbonyl (C=O) groups excluding carboxylic acids is 6. The van der Waals surface area contributed by atoms with Gasteiger partial charge in [0.15, 0.2) is 12.2 Å². The molecule has 2 aromatic rings. The maximum Gasteiger partial charge on any atom is 0.338 e. The predicted octanol–water partition coefficient (Wildman–Crippen LogP) is 2.43. The van der Waals surface area contributed by atoms with Gasteiger partial charge in [-0.1, -0.05) is 18.2 Å². The summed E-state index contributed by atoms with van der Waals surface area (Å²) in [4.78, 5) is 72.0. The highest BCUT2D eigenvalue weighted by Gasteiger charge is 2.53. The fourth-order valence-electron chi connectivity index (χ4n) is 4.22. The Balaban J connectivity index is 2.01. The molecule has 0 aliphatic carbocycles. The molecule has 1 aliphatic rings. The van der Waals surface area contributed by atoms with Gasteiger partial charge in [-0.05, 0) is 30.3 Å². The molecule has 1 aliphatic heterocycles. The Morgan fingerprint density at radius 1 is 0.682 bits per heavy atom. The maximum absolute atomic E-state index is 12.6. The van der Waals surface area contributed by atoms with E-state index < -0.39 is 73.1 Å². The minimum Gasteiger partial charge on any atom is -0.463 e. The molecule has 0 N–H and O–H groups in total. The van der Waals surface area contributed by atoms with Gasteiger partial charge >= 0.3 is 35.8 Å². The first-order chi connectivity index (χ1) is 20.8. The molecule has 2 aromatic carbocycles. The Hall–Kier alpha value is -4.98. The lowest BCUT2D eigenvalue weighted by atomic mass is 9.98. The van der Waals surface area contributed by atoms with Crippen LogP contribution in [-0.4, -0.2) is 73.1 Å². The van der Waals surface area contributed by atoms with E-state index in [-0.39, 0.29) is 29.2 Å². The highest BCUT2D eigenvalue weighted by atomic mass is 16.7. The topological polar surface area (TPSA) is 176 Å². The van der Waals surface area contributed by atoms with Gasteiger partial charge in [0.2, 0.25) is 12.4 Å². The van der Waals surface area contributed by atoms with Gasteiger partial charge in [-0.25, -0.2) is 4.79 Å². The summed E-state index contributed by atoms with van der Waals surface area (Å²) in [6.07, 6.45) is -7.12. The summed E-state index contributed by atoms with van der Waals surface area (Å²) in [6.45, 7) is 4.83. The van der Waals surface area contributed by atoms with Gasteiger partial charge in [-0.3, -0.25) is 24.0 Å². The lowest BCUT2D eigenvalue weighted by Crippen LogP contribution is -2.63. The first-order valence-corrected chi connectivity index (χ1v) is 13.3. The zero-order valence-corrected chi connectivity index (χ0v) is 24.6. The van der Waals surface area contributed by atoms with Crippen LogP contribution >= 0.6 is 0 Å². The average molecular weight is 617 g/mol. The van der Waals surface area contributed by atoms with Crippen molar-refractivity contribution in [3.05, 3.63) is 59.7 Å². The van der Waals surface area contributed by atoms with Crippen LogP contribution in [0.25, 0.3) is 0 Å². The maximum atomic E-state index is 12.6. The summed E-state index contributed by atoms with van der Waals surface area (Å²) in [5.41, 5.74) is 0.492. The lowest BCUT2D eigenvalue weighted by Gasteiger charge is -2.44. The molecule has 236 valence electrons. The molecule has 0 aromatic heterocycles. The van der Waals surface area contributed by atoms with Gasteiger partial charge < -0.3 is 37.9 Å². The first-order valence-electron chi connectivity index (χ1n) is 13.3. The van der Waals surface area contributed by atoms with Crippen molar-refractivity contribution in [3.63, 3.8) is 0 Å². The van der Waals surface area contributed by atoms with Crippen LogP contribution in [0.4, 0.5) is 0 Å². The van der Waals surface area contributed by atoms with E-state index in [0.29, 0.717) is 0 Å². The molecule has 1 fully saturated rings. The van der Waals surface area contributed by atoms with Crippen molar-refractivity contribution in [1.29, 1.82) is 0 Å². The Labute approximate surface area is 252 Å². The second-order valence-electron chi connectivity index (χ2n) is 9.49.